The first-order valence-electron chi connectivity index (χ1n) is 11.3. The van der Waals surface area contributed by atoms with Gasteiger partial charge in [-0.2, -0.15) is 18.3 Å². The van der Waals surface area contributed by atoms with Gasteiger partial charge >= 0.3 is 12.1 Å². The molecule has 0 spiro atoms. The Labute approximate surface area is 208 Å². The number of carboxylic acid groups (broad SMARTS) is 1. The number of carboxylic acids is 1. The van der Waals surface area contributed by atoms with Gasteiger partial charge in [0.25, 0.3) is 5.91 Å². The number of aromatic nitrogens is 6. The van der Waals surface area contributed by atoms with E-state index >= 15 is 0 Å². The summed E-state index contributed by atoms with van der Waals surface area (Å²) in [5, 5.41) is 11.8. The van der Waals surface area contributed by atoms with Crippen molar-refractivity contribution >= 4 is 17.5 Å². The number of alkyl halides is 3. The standard InChI is InChI=1S/C22H21N7O.C2HF3O2/c1-15-10-25-19(12-24-15)22(30)28-9-3-5-18(13-28)21-26-20-7-6-17(14-29(20)27-21)16-4-2-8-23-11-16;3-2(4,5)1(6)7/h2,4,6-8,10-12,14,18H,3,5,9,13H2,1H3;(H,6,7). The minimum atomic E-state index is -5.08. The fourth-order valence-corrected chi connectivity index (χ4v) is 3.81. The highest BCUT2D eigenvalue weighted by Gasteiger charge is 2.38. The van der Waals surface area contributed by atoms with Crippen LogP contribution < -0.4 is 0 Å². The largest absolute Gasteiger partial charge is 0.490 e. The van der Waals surface area contributed by atoms with Crippen LogP contribution in [-0.2, 0) is 4.79 Å². The summed E-state index contributed by atoms with van der Waals surface area (Å²) >= 11 is 0. The highest BCUT2D eigenvalue weighted by Crippen LogP contribution is 2.27. The van der Waals surface area contributed by atoms with Gasteiger partial charge < -0.3 is 10.0 Å². The first kappa shape index (κ1) is 25.7. The summed E-state index contributed by atoms with van der Waals surface area (Å²) < 4.78 is 33.5. The van der Waals surface area contributed by atoms with Crippen LogP contribution in [0.15, 0.2) is 55.2 Å². The minimum Gasteiger partial charge on any atom is -0.475 e. The molecule has 0 aliphatic carbocycles. The van der Waals surface area contributed by atoms with Gasteiger partial charge in [-0.1, -0.05) is 6.07 Å². The van der Waals surface area contributed by atoms with Gasteiger partial charge in [-0.3, -0.25) is 14.8 Å². The molecule has 1 atom stereocenters. The number of pyridine rings is 2. The number of rotatable bonds is 3. The van der Waals surface area contributed by atoms with Crippen molar-refractivity contribution < 1.29 is 27.9 Å². The number of halogens is 3. The van der Waals surface area contributed by atoms with Crippen LogP contribution in [0, 0.1) is 6.92 Å². The number of hydrogen-bond donors (Lipinski definition) is 1. The Balaban J connectivity index is 0.000000405. The highest BCUT2D eigenvalue weighted by atomic mass is 19.4. The molecule has 5 rings (SSSR count). The molecule has 0 saturated carbocycles. The molecule has 10 nitrogen and oxygen atoms in total. The highest BCUT2D eigenvalue weighted by molar-refractivity contribution is 5.92. The normalized spacial score (nSPS) is 15.7. The number of hydrogen-bond acceptors (Lipinski definition) is 7. The summed E-state index contributed by atoms with van der Waals surface area (Å²) in [6.07, 6.45) is 5.51. The van der Waals surface area contributed by atoms with Gasteiger partial charge in [0.2, 0.25) is 0 Å². The maximum atomic E-state index is 12.8. The molecule has 1 amide bonds. The van der Waals surface area contributed by atoms with Crippen molar-refractivity contribution in [1.82, 2.24) is 34.4 Å². The first-order chi connectivity index (χ1) is 17.6. The van der Waals surface area contributed by atoms with E-state index in [0.29, 0.717) is 18.8 Å². The number of carbonyl (C=O) groups is 2. The molecule has 192 valence electrons. The molecule has 1 aliphatic heterocycles. The van der Waals surface area contributed by atoms with Crippen LogP contribution in [-0.4, -0.2) is 70.7 Å². The maximum Gasteiger partial charge on any atom is 0.490 e. The number of fused-ring (bicyclic) bond motifs is 1. The second-order valence-electron chi connectivity index (χ2n) is 8.37. The van der Waals surface area contributed by atoms with Crippen LogP contribution in [0.5, 0.6) is 0 Å². The number of nitrogens with zero attached hydrogens (tertiary/aromatic N) is 7. The number of aliphatic carboxylic acids is 1. The van der Waals surface area contributed by atoms with E-state index in [2.05, 4.69) is 15.0 Å². The molecule has 5 heterocycles. The van der Waals surface area contributed by atoms with Gasteiger partial charge in [-0.05, 0) is 38.0 Å². The molecule has 37 heavy (non-hydrogen) atoms. The average molecular weight is 513 g/mol. The predicted molar refractivity (Wildman–Crippen MR) is 125 cm³/mol. The van der Waals surface area contributed by atoms with Crippen molar-refractivity contribution in [2.75, 3.05) is 13.1 Å². The van der Waals surface area contributed by atoms with Crippen LogP contribution in [0.3, 0.4) is 0 Å². The SMILES string of the molecule is Cc1cnc(C(=O)N2CCCC(c3nc4ccc(-c5cccnc5)cn4n3)C2)cn1.O=C(O)C(F)(F)F. The van der Waals surface area contributed by atoms with Gasteiger partial charge in [0.05, 0.1) is 11.9 Å². The van der Waals surface area contributed by atoms with Crippen molar-refractivity contribution in [1.29, 1.82) is 0 Å². The van der Waals surface area contributed by atoms with Gasteiger partial charge in [0.1, 0.15) is 5.69 Å². The molecular weight excluding hydrogens is 491 g/mol. The van der Waals surface area contributed by atoms with Gasteiger partial charge in [0.15, 0.2) is 11.5 Å². The molecule has 1 N–H and O–H groups in total. The van der Waals surface area contributed by atoms with E-state index in [4.69, 9.17) is 20.0 Å². The zero-order chi connectivity index (χ0) is 26.6. The van der Waals surface area contributed by atoms with Gasteiger partial charge in [0, 0.05) is 54.9 Å². The monoisotopic (exact) mass is 513 g/mol. The molecule has 0 radical (unpaired) electrons. The molecule has 0 bridgehead atoms. The Hall–Kier alpha value is -4.42. The van der Waals surface area contributed by atoms with E-state index in [1.54, 1.807) is 18.6 Å². The van der Waals surface area contributed by atoms with E-state index in [1.807, 2.05) is 53.0 Å². The quantitative estimate of drug-likeness (QED) is 0.441. The summed E-state index contributed by atoms with van der Waals surface area (Å²) in [6, 6.07) is 7.92. The van der Waals surface area contributed by atoms with E-state index < -0.39 is 12.1 Å². The summed E-state index contributed by atoms with van der Waals surface area (Å²) in [5.41, 5.74) is 4.04. The lowest BCUT2D eigenvalue weighted by Crippen LogP contribution is -2.39. The number of carbonyl (C=O) groups excluding carboxylic acids is 1. The summed E-state index contributed by atoms with van der Waals surface area (Å²) in [6.45, 7) is 3.15. The molecule has 4 aromatic heterocycles. The first-order valence-corrected chi connectivity index (χ1v) is 11.3. The third-order valence-corrected chi connectivity index (χ3v) is 5.66. The van der Waals surface area contributed by atoms with Crippen LogP contribution in [0.1, 0.15) is 40.8 Å². The molecular formula is C24H22F3N7O3. The van der Waals surface area contributed by atoms with E-state index in [0.717, 1.165) is 41.1 Å². The Morgan fingerprint density at radius 1 is 1.08 bits per heavy atom. The smallest absolute Gasteiger partial charge is 0.475 e. The number of aryl methyl sites for hydroxylation is 1. The fraction of sp³-hybridized carbons (Fsp3) is 0.292. The Kier molecular flexibility index (Phi) is 7.41. The van der Waals surface area contributed by atoms with Crippen molar-refractivity contribution in [3.8, 4) is 11.1 Å². The zero-order valence-electron chi connectivity index (χ0n) is 19.6. The molecule has 13 heteroatoms. The van der Waals surface area contributed by atoms with Crippen LogP contribution in [0.25, 0.3) is 16.8 Å². The van der Waals surface area contributed by atoms with E-state index in [1.165, 1.54) is 0 Å². The summed E-state index contributed by atoms with van der Waals surface area (Å²) in [4.78, 5) is 40.9. The Morgan fingerprint density at radius 2 is 1.86 bits per heavy atom. The Morgan fingerprint density at radius 3 is 2.51 bits per heavy atom. The summed E-state index contributed by atoms with van der Waals surface area (Å²) in [5.74, 6) is -1.98. The zero-order valence-corrected chi connectivity index (χ0v) is 19.6. The van der Waals surface area contributed by atoms with E-state index in [9.17, 15) is 18.0 Å². The lowest BCUT2D eigenvalue weighted by molar-refractivity contribution is -0.192. The van der Waals surface area contributed by atoms with Crippen molar-refractivity contribution in [2.45, 2.75) is 31.9 Å². The Bertz CT molecular complexity index is 1390. The maximum absolute atomic E-state index is 12.8. The number of piperidine rings is 1. The van der Waals surface area contributed by atoms with Crippen LogP contribution >= 0.6 is 0 Å². The second-order valence-corrected chi connectivity index (χ2v) is 8.37. The van der Waals surface area contributed by atoms with Crippen molar-refractivity contribution in [2.24, 2.45) is 0 Å². The predicted octanol–water partition coefficient (Wildman–Crippen LogP) is 3.54. The molecule has 1 aliphatic rings. The number of amides is 1. The molecule has 1 unspecified atom stereocenters. The van der Waals surface area contributed by atoms with Gasteiger partial charge in [-0.25, -0.2) is 19.3 Å². The van der Waals surface area contributed by atoms with Crippen molar-refractivity contribution in [3.05, 3.63) is 72.5 Å². The molecule has 0 aromatic carbocycles. The second kappa shape index (κ2) is 10.7. The van der Waals surface area contributed by atoms with Gasteiger partial charge in [-0.15, -0.1) is 0 Å². The molecule has 4 aromatic rings. The lowest BCUT2D eigenvalue weighted by Gasteiger charge is -2.31. The van der Waals surface area contributed by atoms with Crippen molar-refractivity contribution in [3.63, 3.8) is 0 Å². The van der Waals surface area contributed by atoms with E-state index in [-0.39, 0.29) is 11.8 Å². The summed E-state index contributed by atoms with van der Waals surface area (Å²) in [7, 11) is 0. The topological polar surface area (TPSA) is 126 Å². The lowest BCUT2D eigenvalue weighted by atomic mass is 9.97. The fourth-order valence-electron chi connectivity index (χ4n) is 3.81. The van der Waals surface area contributed by atoms with Crippen LogP contribution in [0.4, 0.5) is 13.2 Å². The average Bonchev–Trinajstić information content (AvgIpc) is 3.33. The van der Waals surface area contributed by atoms with Crippen LogP contribution in [0.2, 0.25) is 0 Å². The third kappa shape index (κ3) is 6.23. The minimum absolute atomic E-state index is 0.0881. The molecule has 1 saturated heterocycles. The molecule has 1 fully saturated rings. The number of likely N-dealkylation sites (tertiary alicyclic amines) is 1. The third-order valence-electron chi connectivity index (χ3n) is 5.66.